The molecule has 1 aliphatic heterocycles. The summed E-state index contributed by atoms with van der Waals surface area (Å²) >= 11 is 5.92. The zero-order valence-electron chi connectivity index (χ0n) is 11.5. The molecule has 0 amide bonds. The smallest absolute Gasteiger partial charge is 0.0746 e. The van der Waals surface area contributed by atoms with Gasteiger partial charge in [0.25, 0.3) is 0 Å². The molecule has 1 aromatic carbocycles. The van der Waals surface area contributed by atoms with Crippen LogP contribution in [0.5, 0.6) is 0 Å². The quantitative estimate of drug-likeness (QED) is 0.840. The molecule has 2 rings (SSSR count). The fourth-order valence-corrected chi connectivity index (χ4v) is 2.82. The molecule has 3 heteroatoms. The Morgan fingerprint density at radius 2 is 2.26 bits per heavy atom. The van der Waals surface area contributed by atoms with E-state index in [2.05, 4.69) is 16.7 Å². The van der Waals surface area contributed by atoms with Gasteiger partial charge < -0.3 is 5.11 Å². The number of nitrogens with zero attached hydrogens (tertiary/aromatic N) is 1. The zero-order chi connectivity index (χ0) is 13.9. The second kappa shape index (κ2) is 5.96. The summed E-state index contributed by atoms with van der Waals surface area (Å²) in [5.41, 5.74) is 0.278. The van der Waals surface area contributed by atoms with Crippen molar-refractivity contribution in [2.75, 3.05) is 13.1 Å². The van der Waals surface area contributed by atoms with Gasteiger partial charge in [-0.3, -0.25) is 4.90 Å². The van der Waals surface area contributed by atoms with E-state index in [1.54, 1.807) is 0 Å². The van der Waals surface area contributed by atoms with Gasteiger partial charge in [-0.25, -0.2) is 0 Å². The van der Waals surface area contributed by atoms with Gasteiger partial charge in [0.15, 0.2) is 0 Å². The van der Waals surface area contributed by atoms with Crippen molar-refractivity contribution >= 4 is 11.6 Å². The second-order valence-corrected chi connectivity index (χ2v) is 6.03. The maximum atomic E-state index is 10.1. The Kier molecular flexibility index (Phi) is 4.52. The van der Waals surface area contributed by atoms with E-state index in [1.165, 1.54) is 0 Å². The standard InChI is InChI=1S/C16H20ClNO/c1-16(2,19)15-9-5-11-18(15)10-4-7-13-6-3-8-14(17)12-13/h3,6,8,12,15,19H,5,9-11H2,1-2H3. The normalized spacial score (nSPS) is 20.1. The average Bonchev–Trinajstić information content (AvgIpc) is 2.77. The van der Waals surface area contributed by atoms with Crippen LogP contribution in [0.3, 0.4) is 0 Å². The summed E-state index contributed by atoms with van der Waals surface area (Å²) in [7, 11) is 0. The first kappa shape index (κ1) is 14.4. The third kappa shape index (κ3) is 3.98. The van der Waals surface area contributed by atoms with Crippen LogP contribution in [0.15, 0.2) is 24.3 Å². The SMILES string of the molecule is CC(C)(O)C1CCCN1CC#Cc1cccc(Cl)c1. The summed E-state index contributed by atoms with van der Waals surface area (Å²) in [5, 5.41) is 10.8. The lowest BCUT2D eigenvalue weighted by molar-refractivity contribution is 0.00200. The van der Waals surface area contributed by atoms with E-state index in [4.69, 9.17) is 11.6 Å². The molecular weight excluding hydrogens is 258 g/mol. The third-order valence-corrected chi connectivity index (χ3v) is 3.75. The van der Waals surface area contributed by atoms with Gasteiger partial charge in [-0.1, -0.05) is 29.5 Å². The van der Waals surface area contributed by atoms with E-state index < -0.39 is 5.60 Å². The van der Waals surface area contributed by atoms with Gasteiger partial charge in [-0.2, -0.15) is 0 Å². The summed E-state index contributed by atoms with van der Waals surface area (Å²) in [4.78, 5) is 2.26. The number of likely N-dealkylation sites (tertiary alicyclic amines) is 1. The maximum absolute atomic E-state index is 10.1. The molecule has 2 nitrogen and oxygen atoms in total. The molecule has 0 spiro atoms. The highest BCUT2D eigenvalue weighted by molar-refractivity contribution is 6.30. The number of aliphatic hydroxyl groups is 1. The van der Waals surface area contributed by atoms with Gasteiger partial charge in [0, 0.05) is 16.6 Å². The van der Waals surface area contributed by atoms with Crippen LogP contribution >= 0.6 is 11.6 Å². The van der Waals surface area contributed by atoms with Crippen molar-refractivity contribution in [3.8, 4) is 11.8 Å². The van der Waals surface area contributed by atoms with Crippen LogP contribution in [0.1, 0.15) is 32.3 Å². The number of benzene rings is 1. The van der Waals surface area contributed by atoms with Crippen molar-refractivity contribution in [1.82, 2.24) is 4.90 Å². The summed E-state index contributed by atoms with van der Waals surface area (Å²) in [6.07, 6.45) is 2.18. The summed E-state index contributed by atoms with van der Waals surface area (Å²) in [6, 6.07) is 7.78. The number of halogens is 1. The average molecular weight is 278 g/mol. The second-order valence-electron chi connectivity index (χ2n) is 5.59. The molecule has 1 saturated heterocycles. The monoisotopic (exact) mass is 277 g/mol. The van der Waals surface area contributed by atoms with Crippen LogP contribution in [0.25, 0.3) is 0 Å². The van der Waals surface area contributed by atoms with Crippen LogP contribution in [0.2, 0.25) is 5.02 Å². The minimum Gasteiger partial charge on any atom is -0.389 e. The molecule has 1 aromatic rings. The van der Waals surface area contributed by atoms with Gasteiger partial charge in [-0.05, 0) is 51.4 Å². The molecule has 1 fully saturated rings. The summed E-state index contributed by atoms with van der Waals surface area (Å²) in [6.45, 7) is 5.46. The maximum Gasteiger partial charge on any atom is 0.0746 e. The highest BCUT2D eigenvalue weighted by Crippen LogP contribution is 2.26. The van der Waals surface area contributed by atoms with Crippen LogP contribution in [-0.2, 0) is 0 Å². The highest BCUT2D eigenvalue weighted by Gasteiger charge is 2.35. The zero-order valence-corrected chi connectivity index (χ0v) is 12.2. The molecule has 19 heavy (non-hydrogen) atoms. The lowest BCUT2D eigenvalue weighted by Gasteiger charge is -2.32. The first-order chi connectivity index (χ1) is 8.97. The van der Waals surface area contributed by atoms with Gasteiger partial charge >= 0.3 is 0 Å². The Hall–Kier alpha value is -1.01. The minimum absolute atomic E-state index is 0.209. The predicted octanol–water partition coefficient (Wildman–Crippen LogP) is 2.93. The van der Waals surface area contributed by atoms with Crippen LogP contribution < -0.4 is 0 Å². The van der Waals surface area contributed by atoms with Crippen molar-refractivity contribution < 1.29 is 5.11 Å². The Morgan fingerprint density at radius 1 is 1.47 bits per heavy atom. The highest BCUT2D eigenvalue weighted by atomic mass is 35.5. The van der Waals surface area contributed by atoms with E-state index in [0.717, 1.165) is 24.9 Å². The molecule has 1 N–H and O–H groups in total. The van der Waals surface area contributed by atoms with E-state index >= 15 is 0 Å². The lowest BCUT2D eigenvalue weighted by atomic mass is 9.97. The fraction of sp³-hybridized carbons (Fsp3) is 0.500. The molecule has 0 bridgehead atoms. The Morgan fingerprint density at radius 3 is 2.95 bits per heavy atom. The van der Waals surface area contributed by atoms with Crippen molar-refractivity contribution in [1.29, 1.82) is 0 Å². The minimum atomic E-state index is -0.658. The van der Waals surface area contributed by atoms with Crippen molar-refractivity contribution in [3.63, 3.8) is 0 Å². The predicted molar refractivity (Wildman–Crippen MR) is 79.2 cm³/mol. The number of hydrogen-bond donors (Lipinski definition) is 1. The summed E-state index contributed by atoms with van der Waals surface area (Å²) < 4.78 is 0. The van der Waals surface area contributed by atoms with Crippen LogP contribution in [0, 0.1) is 11.8 Å². The molecule has 1 heterocycles. The first-order valence-electron chi connectivity index (χ1n) is 6.68. The number of hydrogen-bond acceptors (Lipinski definition) is 2. The van der Waals surface area contributed by atoms with Gasteiger partial charge in [0.1, 0.15) is 0 Å². The van der Waals surface area contributed by atoms with E-state index in [9.17, 15) is 5.11 Å². The fourth-order valence-electron chi connectivity index (χ4n) is 2.62. The molecular formula is C16H20ClNO. The third-order valence-electron chi connectivity index (χ3n) is 3.52. The molecule has 102 valence electrons. The van der Waals surface area contributed by atoms with Crippen molar-refractivity contribution in [3.05, 3.63) is 34.9 Å². The van der Waals surface area contributed by atoms with Crippen LogP contribution in [0.4, 0.5) is 0 Å². The molecule has 0 aliphatic carbocycles. The Bertz CT molecular complexity index is 495. The van der Waals surface area contributed by atoms with Gasteiger partial charge in [0.05, 0.1) is 12.1 Å². The molecule has 1 atom stereocenters. The van der Waals surface area contributed by atoms with Gasteiger partial charge in [0.2, 0.25) is 0 Å². The Balaban J connectivity index is 1.99. The molecule has 0 aromatic heterocycles. The van der Waals surface area contributed by atoms with E-state index in [1.807, 2.05) is 38.1 Å². The molecule has 0 radical (unpaired) electrons. The first-order valence-corrected chi connectivity index (χ1v) is 7.05. The van der Waals surface area contributed by atoms with Gasteiger partial charge in [-0.15, -0.1) is 0 Å². The molecule has 0 saturated carbocycles. The molecule has 1 aliphatic rings. The van der Waals surface area contributed by atoms with Crippen LogP contribution in [-0.4, -0.2) is 34.7 Å². The van der Waals surface area contributed by atoms with Crippen molar-refractivity contribution in [2.45, 2.75) is 38.3 Å². The van der Waals surface area contributed by atoms with E-state index in [0.29, 0.717) is 11.6 Å². The molecule has 1 unspecified atom stereocenters. The number of rotatable bonds is 2. The van der Waals surface area contributed by atoms with E-state index in [-0.39, 0.29) is 6.04 Å². The topological polar surface area (TPSA) is 23.5 Å². The lowest BCUT2D eigenvalue weighted by Crippen LogP contribution is -2.45. The largest absolute Gasteiger partial charge is 0.389 e. The van der Waals surface area contributed by atoms with Crippen molar-refractivity contribution in [2.24, 2.45) is 0 Å². The Labute approximate surface area is 120 Å². The summed E-state index contributed by atoms with van der Waals surface area (Å²) in [5.74, 6) is 6.31.